The number of para-hydroxylation sites is 2. The van der Waals surface area contributed by atoms with Crippen LogP contribution in [0.25, 0.3) is 0 Å². The molecule has 0 N–H and O–H groups in total. The second-order valence-corrected chi connectivity index (χ2v) is 4.98. The Morgan fingerprint density at radius 3 is 2.45 bits per heavy atom. The molecule has 1 aliphatic rings. The Morgan fingerprint density at radius 1 is 1.20 bits per heavy atom. The molecule has 1 fully saturated rings. The van der Waals surface area contributed by atoms with Gasteiger partial charge in [-0.15, -0.1) is 0 Å². The van der Waals surface area contributed by atoms with Crippen LogP contribution in [0.3, 0.4) is 0 Å². The van der Waals surface area contributed by atoms with E-state index in [1.54, 1.807) is 0 Å². The maximum absolute atomic E-state index is 9.39. The van der Waals surface area contributed by atoms with Crippen molar-refractivity contribution in [1.82, 2.24) is 0 Å². The highest BCUT2D eigenvalue weighted by Crippen LogP contribution is 2.34. The van der Waals surface area contributed by atoms with E-state index in [1.807, 2.05) is 31.2 Å². The summed E-state index contributed by atoms with van der Waals surface area (Å²) in [7, 11) is 0. The highest BCUT2D eigenvalue weighted by atomic mass is 16.5. The number of ether oxygens (including phenoxy) is 3. The lowest BCUT2D eigenvalue weighted by molar-refractivity contribution is 0.0311. The van der Waals surface area contributed by atoms with Gasteiger partial charge in [-0.25, -0.2) is 0 Å². The van der Waals surface area contributed by atoms with Crippen molar-refractivity contribution in [3.05, 3.63) is 24.3 Å². The Hall–Kier alpha value is -1.73. The third kappa shape index (κ3) is 3.64. The number of benzene rings is 1. The molecule has 0 amide bonds. The maximum Gasteiger partial charge on any atom is 0.161 e. The first kappa shape index (κ1) is 14.7. The fourth-order valence-electron chi connectivity index (χ4n) is 2.38. The van der Waals surface area contributed by atoms with E-state index in [1.165, 1.54) is 0 Å². The van der Waals surface area contributed by atoms with Crippen molar-refractivity contribution in [2.75, 3.05) is 26.4 Å². The van der Waals surface area contributed by atoms with E-state index in [-0.39, 0.29) is 5.41 Å². The van der Waals surface area contributed by atoms with Gasteiger partial charge in [-0.05, 0) is 31.9 Å². The first-order valence-electron chi connectivity index (χ1n) is 7.13. The second-order valence-electron chi connectivity index (χ2n) is 4.98. The van der Waals surface area contributed by atoms with Crippen LogP contribution in [0.5, 0.6) is 11.5 Å². The molecule has 0 bridgehead atoms. The molecule has 0 aromatic heterocycles. The van der Waals surface area contributed by atoms with Gasteiger partial charge in [0.25, 0.3) is 0 Å². The zero-order valence-electron chi connectivity index (χ0n) is 11.9. The van der Waals surface area contributed by atoms with E-state index in [0.717, 1.165) is 30.8 Å². The molecule has 0 saturated carbocycles. The topological polar surface area (TPSA) is 51.5 Å². The number of rotatable bonds is 6. The summed E-state index contributed by atoms with van der Waals surface area (Å²) in [6.45, 7) is 4.42. The minimum absolute atomic E-state index is 0.293. The van der Waals surface area contributed by atoms with E-state index in [9.17, 15) is 5.26 Å². The minimum Gasteiger partial charge on any atom is -0.490 e. The summed E-state index contributed by atoms with van der Waals surface area (Å²) in [5.74, 6) is 1.50. The van der Waals surface area contributed by atoms with Gasteiger partial charge in [-0.1, -0.05) is 12.1 Å². The molecular formula is C16H21NO3. The molecule has 1 saturated heterocycles. The normalized spacial score (nSPS) is 17.2. The van der Waals surface area contributed by atoms with Crippen LogP contribution in [-0.2, 0) is 4.74 Å². The summed E-state index contributed by atoms with van der Waals surface area (Å²) in [6, 6.07) is 10.1. The molecule has 4 heteroatoms. The third-order valence-corrected chi connectivity index (χ3v) is 3.67. The Morgan fingerprint density at radius 2 is 1.85 bits per heavy atom. The quantitative estimate of drug-likeness (QED) is 0.800. The Labute approximate surface area is 120 Å². The molecule has 0 radical (unpaired) electrons. The van der Waals surface area contributed by atoms with Crippen molar-refractivity contribution in [3.8, 4) is 17.6 Å². The Kier molecular flexibility index (Phi) is 5.25. The molecule has 2 rings (SSSR count). The van der Waals surface area contributed by atoms with Gasteiger partial charge in [-0.3, -0.25) is 0 Å². The predicted molar refractivity (Wildman–Crippen MR) is 75.8 cm³/mol. The molecule has 0 aliphatic carbocycles. The number of nitrogens with zero attached hydrogens (tertiary/aromatic N) is 1. The summed E-state index contributed by atoms with van der Waals surface area (Å²) in [5, 5.41) is 9.39. The van der Waals surface area contributed by atoms with Crippen LogP contribution >= 0.6 is 0 Å². The van der Waals surface area contributed by atoms with Gasteiger partial charge < -0.3 is 14.2 Å². The first-order chi connectivity index (χ1) is 9.79. The third-order valence-electron chi connectivity index (χ3n) is 3.67. The summed E-state index contributed by atoms with van der Waals surface area (Å²) in [6.07, 6.45) is 2.31. The van der Waals surface area contributed by atoms with Gasteiger partial charge in [0.1, 0.15) is 0 Å². The number of hydrogen-bond acceptors (Lipinski definition) is 4. The molecule has 0 atom stereocenters. The Bertz CT molecular complexity index is 461. The molecule has 20 heavy (non-hydrogen) atoms. The molecule has 1 aromatic rings. The van der Waals surface area contributed by atoms with Crippen LogP contribution in [0.1, 0.15) is 26.2 Å². The smallest absolute Gasteiger partial charge is 0.161 e. The standard InChI is InChI=1S/C16H21NO3/c1-2-19-14-5-3-4-6-15(14)20-12-9-16(13-17)7-10-18-11-8-16/h3-6H,2,7-12H2,1H3. The highest BCUT2D eigenvalue weighted by molar-refractivity contribution is 5.39. The van der Waals surface area contributed by atoms with Crippen molar-refractivity contribution in [1.29, 1.82) is 5.26 Å². The van der Waals surface area contributed by atoms with Crippen LogP contribution in [0.2, 0.25) is 0 Å². The molecule has 4 nitrogen and oxygen atoms in total. The highest BCUT2D eigenvalue weighted by Gasteiger charge is 2.32. The van der Waals surface area contributed by atoms with Crippen LogP contribution < -0.4 is 9.47 Å². The fraction of sp³-hybridized carbons (Fsp3) is 0.562. The number of hydrogen-bond donors (Lipinski definition) is 0. The van der Waals surface area contributed by atoms with Crippen molar-refractivity contribution in [3.63, 3.8) is 0 Å². The van der Waals surface area contributed by atoms with Gasteiger partial charge in [-0.2, -0.15) is 5.26 Å². The summed E-state index contributed by atoms with van der Waals surface area (Å²) in [4.78, 5) is 0. The fourth-order valence-corrected chi connectivity index (χ4v) is 2.38. The van der Waals surface area contributed by atoms with Crippen LogP contribution in [0, 0.1) is 16.7 Å². The van der Waals surface area contributed by atoms with Crippen LogP contribution in [0.15, 0.2) is 24.3 Å². The van der Waals surface area contributed by atoms with E-state index in [2.05, 4.69) is 6.07 Å². The zero-order valence-corrected chi connectivity index (χ0v) is 11.9. The lowest BCUT2D eigenvalue weighted by Crippen LogP contribution is -2.29. The van der Waals surface area contributed by atoms with Gasteiger partial charge in [0, 0.05) is 19.6 Å². The number of nitriles is 1. The lowest BCUT2D eigenvalue weighted by Gasteiger charge is -2.30. The molecule has 0 unspecified atom stereocenters. The lowest BCUT2D eigenvalue weighted by atomic mass is 9.79. The van der Waals surface area contributed by atoms with Crippen molar-refractivity contribution in [2.24, 2.45) is 5.41 Å². The predicted octanol–water partition coefficient (Wildman–Crippen LogP) is 3.17. The van der Waals surface area contributed by atoms with Crippen molar-refractivity contribution in [2.45, 2.75) is 26.2 Å². The molecule has 1 heterocycles. The largest absolute Gasteiger partial charge is 0.490 e. The van der Waals surface area contributed by atoms with E-state index >= 15 is 0 Å². The summed E-state index contributed by atoms with van der Waals surface area (Å²) >= 11 is 0. The van der Waals surface area contributed by atoms with Gasteiger partial charge >= 0.3 is 0 Å². The molecule has 0 spiro atoms. The van der Waals surface area contributed by atoms with Crippen LogP contribution in [0.4, 0.5) is 0 Å². The molecule has 1 aromatic carbocycles. The SMILES string of the molecule is CCOc1ccccc1OCCC1(C#N)CCOCC1. The first-order valence-corrected chi connectivity index (χ1v) is 7.13. The maximum atomic E-state index is 9.39. The van der Waals surface area contributed by atoms with E-state index in [4.69, 9.17) is 14.2 Å². The molecule has 1 aliphatic heterocycles. The average molecular weight is 275 g/mol. The van der Waals surface area contributed by atoms with Crippen molar-refractivity contribution < 1.29 is 14.2 Å². The van der Waals surface area contributed by atoms with Crippen LogP contribution in [-0.4, -0.2) is 26.4 Å². The van der Waals surface area contributed by atoms with Gasteiger partial charge in [0.05, 0.1) is 24.7 Å². The summed E-state index contributed by atoms with van der Waals surface area (Å²) in [5.41, 5.74) is -0.293. The van der Waals surface area contributed by atoms with Crippen molar-refractivity contribution >= 4 is 0 Å². The zero-order chi connectivity index (χ0) is 14.3. The summed E-state index contributed by atoms with van der Waals surface area (Å²) < 4.78 is 16.7. The Balaban J connectivity index is 1.90. The molecular weight excluding hydrogens is 254 g/mol. The second kappa shape index (κ2) is 7.16. The van der Waals surface area contributed by atoms with Gasteiger partial charge in [0.2, 0.25) is 0 Å². The molecule has 108 valence electrons. The van der Waals surface area contributed by atoms with E-state index < -0.39 is 0 Å². The van der Waals surface area contributed by atoms with E-state index in [0.29, 0.717) is 26.4 Å². The monoisotopic (exact) mass is 275 g/mol. The average Bonchev–Trinajstić information content (AvgIpc) is 2.50. The van der Waals surface area contributed by atoms with Gasteiger partial charge in [0.15, 0.2) is 11.5 Å². The minimum atomic E-state index is -0.293.